The molecule has 12 heteroatoms. The maximum Gasteiger partial charge on any atom is 0.416 e. The van der Waals surface area contributed by atoms with Gasteiger partial charge in [-0.3, -0.25) is 0 Å². The molecular weight excluding hydrogens is 432 g/mol. The van der Waals surface area contributed by atoms with Gasteiger partial charge in [0.1, 0.15) is 18.1 Å². The van der Waals surface area contributed by atoms with E-state index in [1.54, 1.807) is 4.90 Å². The summed E-state index contributed by atoms with van der Waals surface area (Å²) in [5, 5.41) is 27.1. The molecule has 0 radical (unpaired) electrons. The summed E-state index contributed by atoms with van der Waals surface area (Å²) in [4.78, 5) is 10.5. The van der Waals surface area contributed by atoms with E-state index in [-0.39, 0.29) is 36.4 Å². The molecule has 1 saturated heterocycles. The predicted octanol–water partition coefficient (Wildman–Crippen LogP) is 2.29. The lowest BCUT2D eigenvalue weighted by Crippen LogP contribution is -2.39. The number of β-amino-alcohol motifs (C(OH)–C–C–N with tert-alkyl or cyclic N) is 1. The van der Waals surface area contributed by atoms with Crippen molar-refractivity contribution in [3.8, 4) is 5.69 Å². The van der Waals surface area contributed by atoms with Crippen LogP contribution in [0.4, 0.5) is 29.3 Å². The van der Waals surface area contributed by atoms with Gasteiger partial charge in [-0.1, -0.05) is 6.07 Å². The van der Waals surface area contributed by atoms with Crippen molar-refractivity contribution in [3.05, 3.63) is 36.0 Å². The maximum atomic E-state index is 14.0. The van der Waals surface area contributed by atoms with E-state index in [1.165, 1.54) is 23.0 Å². The molecule has 2 fully saturated rings. The zero-order valence-electron chi connectivity index (χ0n) is 16.7. The molecule has 5 rings (SSSR count). The van der Waals surface area contributed by atoms with Gasteiger partial charge in [-0.2, -0.15) is 28.2 Å². The van der Waals surface area contributed by atoms with Crippen LogP contribution in [0.1, 0.15) is 18.4 Å². The molecule has 0 bridgehead atoms. The molecular formula is C20H20F4N6O2. The molecule has 3 N–H and O–H groups in total. The van der Waals surface area contributed by atoms with E-state index >= 15 is 0 Å². The molecule has 2 aromatic heterocycles. The van der Waals surface area contributed by atoms with Crippen molar-refractivity contribution >= 4 is 22.8 Å². The van der Waals surface area contributed by atoms with Gasteiger partial charge in [-0.25, -0.2) is 9.07 Å². The Bertz CT molecular complexity index is 1140. The molecule has 1 aromatic carbocycles. The Hall–Kier alpha value is -2.99. The first-order valence-electron chi connectivity index (χ1n) is 10.1. The molecule has 0 spiro atoms. The van der Waals surface area contributed by atoms with E-state index < -0.39 is 30.1 Å². The van der Waals surface area contributed by atoms with Crippen LogP contribution in [-0.2, 0) is 6.18 Å². The normalized spacial score (nSPS) is 25.9. The van der Waals surface area contributed by atoms with Gasteiger partial charge in [0.05, 0.1) is 35.5 Å². The van der Waals surface area contributed by atoms with Gasteiger partial charge in [-0.05, 0) is 31.0 Å². The number of aliphatic hydroxyl groups excluding tert-OH is 2. The van der Waals surface area contributed by atoms with E-state index in [4.69, 9.17) is 0 Å². The molecule has 170 valence electrons. The second-order valence-electron chi connectivity index (χ2n) is 8.17. The molecule has 32 heavy (non-hydrogen) atoms. The van der Waals surface area contributed by atoms with Crippen molar-refractivity contribution in [3.63, 3.8) is 0 Å². The zero-order chi connectivity index (χ0) is 22.6. The first kappa shape index (κ1) is 20.9. The summed E-state index contributed by atoms with van der Waals surface area (Å²) in [7, 11) is 0. The summed E-state index contributed by atoms with van der Waals surface area (Å²) in [6.45, 7) is -0.0623. The van der Waals surface area contributed by atoms with Crippen LogP contribution >= 0.6 is 0 Å². The van der Waals surface area contributed by atoms with Crippen LogP contribution in [-0.4, -0.2) is 67.5 Å². The minimum atomic E-state index is -4.52. The van der Waals surface area contributed by atoms with Crippen molar-refractivity contribution < 1.29 is 27.8 Å². The van der Waals surface area contributed by atoms with E-state index in [1.807, 2.05) is 0 Å². The highest BCUT2D eigenvalue weighted by Gasteiger charge is 2.35. The fraction of sp³-hybridized carbons (Fsp3) is 0.450. The largest absolute Gasteiger partial charge is 0.416 e. The van der Waals surface area contributed by atoms with Crippen molar-refractivity contribution in [1.82, 2.24) is 19.7 Å². The number of nitrogens with one attached hydrogen (secondary N) is 1. The Balaban J connectivity index is 1.60. The van der Waals surface area contributed by atoms with Crippen LogP contribution < -0.4 is 10.2 Å². The van der Waals surface area contributed by atoms with Crippen molar-refractivity contribution in [2.24, 2.45) is 0 Å². The second-order valence-corrected chi connectivity index (χ2v) is 8.17. The summed E-state index contributed by atoms with van der Waals surface area (Å²) >= 11 is 0. The number of alkyl halides is 4. The first-order valence-corrected chi connectivity index (χ1v) is 10.1. The number of benzene rings is 1. The summed E-state index contributed by atoms with van der Waals surface area (Å²) in [5.41, 5.74) is -0.416. The highest BCUT2D eigenvalue weighted by Crippen LogP contribution is 2.33. The molecule has 1 aliphatic heterocycles. The monoisotopic (exact) mass is 452 g/mol. The van der Waals surface area contributed by atoms with Crippen LogP contribution in [0.2, 0.25) is 0 Å². The number of nitrogens with zero attached hydrogens (tertiary/aromatic N) is 5. The maximum absolute atomic E-state index is 14.0. The van der Waals surface area contributed by atoms with Gasteiger partial charge in [-0.15, -0.1) is 0 Å². The fourth-order valence-corrected chi connectivity index (χ4v) is 4.01. The third kappa shape index (κ3) is 3.73. The molecule has 2 atom stereocenters. The second kappa shape index (κ2) is 7.55. The summed E-state index contributed by atoms with van der Waals surface area (Å²) in [5.74, 6) is 0.518. The number of aromatic nitrogens is 4. The van der Waals surface area contributed by atoms with Crippen molar-refractivity contribution in [1.29, 1.82) is 0 Å². The summed E-state index contributed by atoms with van der Waals surface area (Å²) < 4.78 is 54.9. The van der Waals surface area contributed by atoms with E-state index in [2.05, 4.69) is 20.4 Å². The molecule has 0 amide bonds. The Morgan fingerprint density at radius 2 is 1.88 bits per heavy atom. The zero-order valence-corrected chi connectivity index (χ0v) is 16.7. The summed E-state index contributed by atoms with van der Waals surface area (Å²) in [6.07, 6.45) is -5.10. The average molecular weight is 452 g/mol. The number of aliphatic hydroxyl groups is 2. The lowest BCUT2D eigenvalue weighted by Gasteiger charge is -2.32. The van der Waals surface area contributed by atoms with Gasteiger partial charge in [0.15, 0.2) is 5.65 Å². The Morgan fingerprint density at radius 3 is 2.53 bits per heavy atom. The third-order valence-corrected chi connectivity index (χ3v) is 5.79. The van der Waals surface area contributed by atoms with Gasteiger partial charge in [0.2, 0.25) is 5.95 Å². The van der Waals surface area contributed by atoms with Crippen LogP contribution in [0.25, 0.3) is 16.7 Å². The number of halogens is 4. The van der Waals surface area contributed by atoms with Crippen LogP contribution in [0.3, 0.4) is 0 Å². The number of rotatable bonds is 4. The number of hydrogen-bond acceptors (Lipinski definition) is 7. The predicted molar refractivity (Wildman–Crippen MR) is 107 cm³/mol. The lowest BCUT2D eigenvalue weighted by atomic mass is 9.90. The van der Waals surface area contributed by atoms with Crippen molar-refractivity contribution in [2.75, 3.05) is 23.3 Å². The minimum Gasteiger partial charge on any atom is -0.393 e. The van der Waals surface area contributed by atoms with Gasteiger partial charge < -0.3 is 20.4 Å². The highest BCUT2D eigenvalue weighted by molar-refractivity contribution is 5.89. The van der Waals surface area contributed by atoms with Gasteiger partial charge >= 0.3 is 6.18 Å². The van der Waals surface area contributed by atoms with Crippen LogP contribution in [0.5, 0.6) is 0 Å². The molecule has 3 aromatic rings. The topological polar surface area (TPSA) is 99.3 Å². The van der Waals surface area contributed by atoms with Crippen molar-refractivity contribution in [2.45, 2.75) is 43.4 Å². The molecule has 2 aliphatic rings. The standard InChI is InChI=1S/C20H20F4N6O2/c21-15-8-29(9-16(15)32)17-14-7-25-30(12-3-1-2-10(4-12)20(22,23)24)18(14)28-19(27-17)26-11-5-13(31)6-11/h1-4,7,11,13,15-16,31-32H,5-6,8-9H2,(H,26,27,28)/t11-,13-,15-,16-/m0/s1. The summed E-state index contributed by atoms with van der Waals surface area (Å²) in [6, 6.07) is 4.65. The molecule has 1 aliphatic carbocycles. The highest BCUT2D eigenvalue weighted by atomic mass is 19.4. The number of anilines is 2. The molecule has 8 nitrogen and oxygen atoms in total. The Labute approximate surface area is 179 Å². The van der Waals surface area contributed by atoms with Gasteiger partial charge in [0, 0.05) is 12.6 Å². The van der Waals surface area contributed by atoms with Crippen LogP contribution in [0, 0.1) is 0 Å². The average Bonchev–Trinajstić information content (AvgIpc) is 3.29. The Morgan fingerprint density at radius 1 is 1.09 bits per heavy atom. The van der Waals surface area contributed by atoms with E-state index in [0.29, 0.717) is 24.0 Å². The number of hydrogen-bond donors (Lipinski definition) is 3. The smallest absolute Gasteiger partial charge is 0.393 e. The number of fused-ring (bicyclic) bond motifs is 1. The Kier molecular flexibility index (Phi) is 4.93. The molecule has 1 saturated carbocycles. The SMILES string of the molecule is O[C@H]1CN(c2nc(N[C@H]3C[C@H](O)C3)nc3c2cnn3-c2cccc(C(F)(F)F)c2)C[C@@H]1F. The lowest BCUT2D eigenvalue weighted by molar-refractivity contribution is -0.137. The first-order chi connectivity index (χ1) is 15.2. The molecule has 0 unspecified atom stereocenters. The van der Waals surface area contributed by atoms with Crippen LogP contribution in [0.15, 0.2) is 30.5 Å². The van der Waals surface area contributed by atoms with Gasteiger partial charge in [0.25, 0.3) is 0 Å². The fourth-order valence-electron chi connectivity index (χ4n) is 4.01. The van der Waals surface area contributed by atoms with E-state index in [0.717, 1.165) is 12.1 Å². The minimum absolute atomic E-state index is 0.0175. The third-order valence-electron chi connectivity index (χ3n) is 5.79. The molecule has 3 heterocycles. The quantitative estimate of drug-likeness (QED) is 0.523. The van der Waals surface area contributed by atoms with E-state index in [9.17, 15) is 27.8 Å².